The Labute approximate surface area is 162 Å². The number of ether oxygens (including phenoxy) is 1. The molecule has 0 aliphatic heterocycles. The number of rotatable bonds is 6. The van der Waals surface area contributed by atoms with E-state index in [1.54, 1.807) is 48.7 Å². The van der Waals surface area contributed by atoms with E-state index in [1.807, 2.05) is 38.1 Å². The number of carbonyl (C=O) groups is 1. The van der Waals surface area contributed by atoms with Crippen LogP contribution in [-0.4, -0.2) is 16.9 Å². The van der Waals surface area contributed by atoms with Crippen molar-refractivity contribution in [2.24, 2.45) is 0 Å². The number of nitrogens with zero attached hydrogens (tertiary/aromatic N) is 1. The van der Waals surface area contributed by atoms with Crippen LogP contribution in [0.3, 0.4) is 0 Å². The molecule has 28 heavy (non-hydrogen) atoms. The lowest BCUT2D eigenvalue weighted by atomic mass is 10.0. The Morgan fingerprint density at radius 1 is 1.04 bits per heavy atom. The zero-order chi connectivity index (χ0) is 19.5. The van der Waals surface area contributed by atoms with E-state index in [0.29, 0.717) is 33.7 Å². The van der Waals surface area contributed by atoms with E-state index in [9.17, 15) is 4.79 Å². The number of furan rings is 1. The maximum absolute atomic E-state index is 13.2. The topological polar surface area (TPSA) is 65.5 Å². The van der Waals surface area contributed by atoms with Crippen LogP contribution >= 0.6 is 0 Å². The van der Waals surface area contributed by atoms with Crippen molar-refractivity contribution in [3.05, 3.63) is 84.1 Å². The highest BCUT2D eigenvalue weighted by Crippen LogP contribution is 2.27. The van der Waals surface area contributed by atoms with Crippen molar-refractivity contribution in [1.29, 1.82) is 0 Å². The first-order chi connectivity index (χ1) is 13.6. The number of hydrogen-bond donors (Lipinski definition) is 0. The van der Waals surface area contributed by atoms with Crippen LogP contribution in [0.15, 0.2) is 75.8 Å². The van der Waals surface area contributed by atoms with Crippen LogP contribution in [0.1, 0.15) is 35.9 Å². The van der Waals surface area contributed by atoms with Crippen molar-refractivity contribution >= 4 is 28.5 Å². The monoisotopic (exact) mass is 373 g/mol. The summed E-state index contributed by atoms with van der Waals surface area (Å²) < 4.78 is 16.9. The third-order valence-electron chi connectivity index (χ3n) is 4.09. The Kier molecular flexibility index (Phi) is 4.81. The molecule has 2 heterocycles. The first kappa shape index (κ1) is 17.8. The fourth-order valence-corrected chi connectivity index (χ4v) is 2.84. The van der Waals surface area contributed by atoms with Gasteiger partial charge in [0, 0.05) is 5.56 Å². The molecule has 4 rings (SSSR count). The number of carbonyl (C=O) groups excluding carboxylic acids is 1. The van der Waals surface area contributed by atoms with E-state index in [1.165, 1.54) is 0 Å². The van der Waals surface area contributed by atoms with Gasteiger partial charge in [0.25, 0.3) is 0 Å². The second-order valence-electron chi connectivity index (χ2n) is 6.58. The molecule has 0 saturated heterocycles. The average molecular weight is 373 g/mol. The first-order valence-electron chi connectivity index (χ1n) is 9.03. The lowest BCUT2D eigenvalue weighted by molar-refractivity contribution is 0.105. The number of Topliss-reactive ketones (excluding diaryl/α,β-unsaturated/α-hetero) is 1. The highest BCUT2D eigenvalue weighted by atomic mass is 16.5. The third-order valence-corrected chi connectivity index (χ3v) is 4.09. The normalized spacial score (nSPS) is 11.9. The summed E-state index contributed by atoms with van der Waals surface area (Å²) in [5.41, 5.74) is 2.15. The van der Waals surface area contributed by atoms with E-state index < -0.39 is 0 Å². The van der Waals surface area contributed by atoms with E-state index in [0.717, 1.165) is 0 Å². The molecular formula is C23H19NO4. The number of ketones is 1. The van der Waals surface area contributed by atoms with Crippen LogP contribution < -0.4 is 4.74 Å². The van der Waals surface area contributed by atoms with Gasteiger partial charge in [-0.05, 0) is 68.5 Å². The van der Waals surface area contributed by atoms with E-state index in [2.05, 4.69) is 4.98 Å². The maximum atomic E-state index is 13.2. The zero-order valence-corrected chi connectivity index (χ0v) is 15.6. The van der Waals surface area contributed by atoms with Crippen molar-refractivity contribution < 1.29 is 18.4 Å². The molecule has 0 spiro atoms. The van der Waals surface area contributed by atoms with Gasteiger partial charge in [0.2, 0.25) is 5.89 Å². The summed E-state index contributed by atoms with van der Waals surface area (Å²) in [5.74, 6) is 1.31. The molecule has 0 bridgehead atoms. The highest BCUT2D eigenvalue weighted by molar-refractivity contribution is 6.31. The summed E-state index contributed by atoms with van der Waals surface area (Å²) >= 11 is 0. The number of fused-ring (bicyclic) bond motifs is 1. The lowest BCUT2D eigenvalue weighted by Crippen LogP contribution is -2.06. The Hall–Kier alpha value is -3.60. The minimum atomic E-state index is -0.209. The molecular weight excluding hydrogens is 354 g/mol. The molecule has 2 aromatic carbocycles. The SMILES string of the molecule is CC(C)Oc1ccc(C(=O)/C(=C/c2ccco2)c2nc3ccccc3o2)cc1. The Balaban J connectivity index is 1.74. The van der Waals surface area contributed by atoms with Crippen molar-refractivity contribution in [3.8, 4) is 5.75 Å². The molecule has 0 fully saturated rings. The van der Waals surface area contributed by atoms with Crippen molar-refractivity contribution in [3.63, 3.8) is 0 Å². The van der Waals surface area contributed by atoms with Crippen molar-refractivity contribution in [2.75, 3.05) is 0 Å². The van der Waals surface area contributed by atoms with Gasteiger partial charge in [0.1, 0.15) is 17.0 Å². The molecule has 140 valence electrons. The molecule has 5 nitrogen and oxygen atoms in total. The highest BCUT2D eigenvalue weighted by Gasteiger charge is 2.21. The summed E-state index contributed by atoms with van der Waals surface area (Å²) in [6.45, 7) is 3.91. The maximum Gasteiger partial charge on any atom is 0.231 e. The van der Waals surface area contributed by atoms with E-state index >= 15 is 0 Å². The van der Waals surface area contributed by atoms with Crippen LogP contribution in [0, 0.1) is 0 Å². The van der Waals surface area contributed by atoms with Crippen LogP contribution in [-0.2, 0) is 0 Å². The number of oxazole rings is 1. The molecule has 0 amide bonds. The second kappa shape index (κ2) is 7.56. The van der Waals surface area contributed by atoms with Crippen molar-refractivity contribution in [2.45, 2.75) is 20.0 Å². The largest absolute Gasteiger partial charge is 0.491 e. The fourth-order valence-electron chi connectivity index (χ4n) is 2.84. The van der Waals surface area contributed by atoms with Gasteiger partial charge in [-0.25, -0.2) is 4.98 Å². The summed E-state index contributed by atoms with van der Waals surface area (Å²) in [7, 11) is 0. The van der Waals surface area contributed by atoms with Crippen molar-refractivity contribution in [1.82, 2.24) is 4.98 Å². The average Bonchev–Trinajstić information content (AvgIpc) is 3.35. The molecule has 0 atom stereocenters. The molecule has 0 unspecified atom stereocenters. The molecule has 0 aliphatic rings. The van der Waals surface area contributed by atoms with Crippen LogP contribution in [0.4, 0.5) is 0 Å². The Morgan fingerprint density at radius 2 is 1.82 bits per heavy atom. The molecule has 5 heteroatoms. The summed E-state index contributed by atoms with van der Waals surface area (Å²) in [6, 6.07) is 18.0. The molecule has 0 radical (unpaired) electrons. The number of aromatic nitrogens is 1. The number of hydrogen-bond acceptors (Lipinski definition) is 5. The minimum Gasteiger partial charge on any atom is -0.491 e. The molecule has 0 saturated carbocycles. The first-order valence-corrected chi connectivity index (χ1v) is 9.03. The second-order valence-corrected chi connectivity index (χ2v) is 6.58. The van der Waals surface area contributed by atoms with Gasteiger partial charge in [-0.1, -0.05) is 12.1 Å². The standard InChI is InChI=1S/C23H19NO4/c1-15(2)27-17-11-9-16(10-12-17)22(25)19(14-18-6-5-13-26-18)23-24-20-7-3-4-8-21(20)28-23/h3-15H,1-2H3/b19-14-. The third kappa shape index (κ3) is 3.74. The Bertz CT molecular complexity index is 1090. The number of allylic oxidation sites excluding steroid dienone is 1. The van der Waals surface area contributed by atoms with Gasteiger partial charge in [0.05, 0.1) is 17.9 Å². The number of para-hydroxylation sites is 2. The molecule has 4 aromatic rings. The lowest BCUT2D eigenvalue weighted by Gasteiger charge is -2.10. The molecule has 0 N–H and O–H groups in total. The minimum absolute atomic E-state index is 0.0655. The number of benzene rings is 2. The fraction of sp³-hybridized carbons (Fsp3) is 0.130. The van der Waals surface area contributed by atoms with E-state index in [4.69, 9.17) is 13.6 Å². The summed E-state index contributed by atoms with van der Waals surface area (Å²) in [6.07, 6.45) is 3.26. The smallest absolute Gasteiger partial charge is 0.231 e. The predicted molar refractivity (Wildman–Crippen MR) is 107 cm³/mol. The van der Waals surface area contributed by atoms with Crippen LogP contribution in [0.25, 0.3) is 22.7 Å². The zero-order valence-electron chi connectivity index (χ0n) is 15.6. The van der Waals surface area contributed by atoms with Gasteiger partial charge in [-0.3, -0.25) is 4.79 Å². The van der Waals surface area contributed by atoms with Crippen LogP contribution in [0.5, 0.6) is 5.75 Å². The van der Waals surface area contributed by atoms with Gasteiger partial charge in [-0.15, -0.1) is 0 Å². The molecule has 2 aromatic heterocycles. The van der Waals surface area contributed by atoms with Gasteiger partial charge < -0.3 is 13.6 Å². The summed E-state index contributed by atoms with van der Waals surface area (Å²) in [5, 5.41) is 0. The van der Waals surface area contributed by atoms with E-state index in [-0.39, 0.29) is 17.8 Å². The van der Waals surface area contributed by atoms with Gasteiger partial charge >= 0.3 is 0 Å². The predicted octanol–water partition coefficient (Wildman–Crippen LogP) is 5.63. The summed E-state index contributed by atoms with van der Waals surface area (Å²) in [4.78, 5) is 17.7. The van der Waals surface area contributed by atoms with Gasteiger partial charge in [-0.2, -0.15) is 0 Å². The van der Waals surface area contributed by atoms with Crippen LogP contribution in [0.2, 0.25) is 0 Å². The quantitative estimate of drug-likeness (QED) is 0.324. The Morgan fingerprint density at radius 3 is 2.50 bits per heavy atom. The van der Waals surface area contributed by atoms with Gasteiger partial charge in [0.15, 0.2) is 11.4 Å². The molecule has 0 aliphatic carbocycles.